The summed E-state index contributed by atoms with van der Waals surface area (Å²) < 4.78 is 24.1. The molecule has 0 bridgehead atoms. The van der Waals surface area contributed by atoms with E-state index in [9.17, 15) is 0 Å². The van der Waals surface area contributed by atoms with Gasteiger partial charge in [0.2, 0.25) is 0 Å². The molecule has 0 radical (unpaired) electrons. The van der Waals surface area contributed by atoms with Gasteiger partial charge in [-0.2, -0.15) is 0 Å². The lowest BCUT2D eigenvalue weighted by Gasteiger charge is -2.60. The van der Waals surface area contributed by atoms with Gasteiger partial charge < -0.3 is 18.6 Å². The van der Waals surface area contributed by atoms with Crippen LogP contribution in [0.3, 0.4) is 0 Å². The second-order valence-electron chi connectivity index (χ2n) is 5.68. The van der Waals surface area contributed by atoms with Crippen molar-refractivity contribution in [3.05, 3.63) is 0 Å². The molecule has 4 nitrogen and oxygen atoms in total. The summed E-state index contributed by atoms with van der Waals surface area (Å²) in [4.78, 5) is 0. The van der Waals surface area contributed by atoms with Crippen molar-refractivity contribution in [2.75, 3.05) is 0 Å². The van der Waals surface area contributed by atoms with Gasteiger partial charge in [-0.1, -0.05) is 13.8 Å². The van der Waals surface area contributed by atoms with Crippen LogP contribution in [0.2, 0.25) is 12.6 Å². The van der Waals surface area contributed by atoms with Crippen molar-refractivity contribution in [3.63, 3.8) is 0 Å². The van der Waals surface area contributed by atoms with Gasteiger partial charge in [-0.3, -0.25) is 0 Å². The van der Waals surface area contributed by atoms with Gasteiger partial charge in [0.1, 0.15) is 11.2 Å². The van der Waals surface area contributed by atoms with Crippen LogP contribution in [0.1, 0.15) is 41.5 Å². The highest BCUT2D eigenvalue weighted by atomic mass is 16.7. The maximum atomic E-state index is 6.13. The van der Waals surface area contributed by atoms with Crippen LogP contribution in [0.4, 0.5) is 0 Å². The minimum Gasteiger partial charge on any atom is -0.406 e. The van der Waals surface area contributed by atoms with Gasteiger partial charge in [0.05, 0.1) is 12.2 Å². The number of fused-ring (bicyclic) bond motifs is 1. The predicted molar refractivity (Wildman–Crippen MR) is 72.5 cm³/mol. The summed E-state index contributed by atoms with van der Waals surface area (Å²) in [7, 11) is -0.350. The Kier molecular flexibility index (Phi) is 3.85. The molecule has 0 saturated carbocycles. The molecule has 0 N–H and O–H groups in total. The maximum absolute atomic E-state index is 6.13. The van der Waals surface area contributed by atoms with Crippen LogP contribution in [-0.2, 0) is 18.6 Å². The third kappa shape index (κ3) is 1.94. The fraction of sp³-hybridized carbons (Fsp3) is 1.00. The Morgan fingerprint density at radius 2 is 1.17 bits per heavy atom. The Morgan fingerprint density at radius 1 is 0.833 bits per heavy atom. The highest BCUT2D eigenvalue weighted by molar-refractivity contribution is 6.46. The van der Waals surface area contributed by atoms with E-state index in [-0.39, 0.29) is 26.4 Å². The lowest BCUT2D eigenvalue weighted by Crippen LogP contribution is -2.75. The first-order valence-electron chi connectivity index (χ1n) is 7.04. The lowest BCUT2D eigenvalue weighted by molar-refractivity contribution is -0.253. The standard InChI is InChI=1S/C12H24B2O4/c1-7-13-15-9(3)12(6)11(5,17-13)10(4)16-14(8-2)18-12/h9-10H,7-8H2,1-6H3/t9-,10+,11+,12-. The van der Waals surface area contributed by atoms with Gasteiger partial charge in [0.25, 0.3) is 0 Å². The smallest absolute Gasteiger partial charge is 0.406 e. The van der Waals surface area contributed by atoms with Crippen LogP contribution in [0.15, 0.2) is 0 Å². The molecule has 2 saturated heterocycles. The number of hydrogen-bond acceptors (Lipinski definition) is 4. The minimum atomic E-state index is -0.475. The monoisotopic (exact) mass is 254 g/mol. The SMILES string of the molecule is CCB1O[C@H](C)[C@@]2(C)OB(CC)O[C@@H](C)[C@]2(C)O1. The van der Waals surface area contributed by atoms with E-state index in [4.69, 9.17) is 18.6 Å². The Balaban J connectivity index is 2.31. The van der Waals surface area contributed by atoms with E-state index in [1.54, 1.807) is 0 Å². The molecule has 18 heavy (non-hydrogen) atoms. The molecule has 0 aliphatic carbocycles. The number of rotatable bonds is 2. The quantitative estimate of drug-likeness (QED) is 0.709. The molecular weight excluding hydrogens is 230 g/mol. The fourth-order valence-electron chi connectivity index (χ4n) is 2.91. The Labute approximate surface area is 111 Å². The number of hydrogen-bond donors (Lipinski definition) is 0. The molecule has 0 aromatic carbocycles. The predicted octanol–water partition coefficient (Wildman–Crippen LogP) is 2.39. The molecular formula is C12H24B2O4. The topological polar surface area (TPSA) is 36.9 Å². The van der Waals surface area contributed by atoms with Crippen LogP contribution < -0.4 is 0 Å². The lowest BCUT2D eigenvalue weighted by atomic mass is 9.66. The van der Waals surface area contributed by atoms with Gasteiger partial charge in [-0.15, -0.1) is 0 Å². The molecule has 6 heteroatoms. The second-order valence-corrected chi connectivity index (χ2v) is 5.68. The molecule has 0 aromatic rings. The molecule has 2 aliphatic heterocycles. The average molecular weight is 254 g/mol. The van der Waals surface area contributed by atoms with Crippen LogP contribution >= 0.6 is 0 Å². The highest BCUT2D eigenvalue weighted by Crippen LogP contribution is 2.46. The summed E-state index contributed by atoms with van der Waals surface area (Å²) in [6.07, 6.45) is 1.64. The van der Waals surface area contributed by atoms with E-state index in [0.717, 1.165) is 12.6 Å². The van der Waals surface area contributed by atoms with Crippen LogP contribution in [0.25, 0.3) is 0 Å². The van der Waals surface area contributed by atoms with E-state index in [1.165, 1.54) is 0 Å². The molecule has 4 atom stereocenters. The molecule has 102 valence electrons. The Hall–Kier alpha value is -0.0301. The van der Waals surface area contributed by atoms with E-state index < -0.39 is 11.2 Å². The molecule has 2 rings (SSSR count). The van der Waals surface area contributed by atoms with Crippen LogP contribution in [0.5, 0.6) is 0 Å². The van der Waals surface area contributed by atoms with E-state index in [1.807, 2.05) is 0 Å². The van der Waals surface area contributed by atoms with Gasteiger partial charge in [-0.05, 0) is 40.3 Å². The maximum Gasteiger partial charge on any atom is 0.457 e. The summed E-state index contributed by atoms with van der Waals surface area (Å²) in [5.74, 6) is 0. The van der Waals surface area contributed by atoms with Crippen molar-refractivity contribution in [2.45, 2.75) is 77.6 Å². The molecule has 0 aromatic heterocycles. The van der Waals surface area contributed by atoms with E-state index in [0.29, 0.717) is 0 Å². The summed E-state index contributed by atoms with van der Waals surface area (Å²) in [5.41, 5.74) is -0.950. The van der Waals surface area contributed by atoms with Crippen molar-refractivity contribution >= 4 is 14.2 Å². The van der Waals surface area contributed by atoms with Crippen molar-refractivity contribution in [2.24, 2.45) is 0 Å². The zero-order chi connectivity index (χ0) is 13.6. The molecule has 2 fully saturated rings. The van der Waals surface area contributed by atoms with Gasteiger partial charge in [0.15, 0.2) is 0 Å². The van der Waals surface area contributed by atoms with Crippen LogP contribution in [-0.4, -0.2) is 37.6 Å². The van der Waals surface area contributed by atoms with Crippen molar-refractivity contribution in [1.82, 2.24) is 0 Å². The first-order valence-corrected chi connectivity index (χ1v) is 7.04. The first-order chi connectivity index (χ1) is 8.37. The van der Waals surface area contributed by atoms with E-state index >= 15 is 0 Å². The summed E-state index contributed by atoms with van der Waals surface area (Å²) in [5, 5.41) is 0. The molecule has 0 amide bonds. The fourth-order valence-corrected chi connectivity index (χ4v) is 2.91. The Bertz CT molecular complexity index is 286. The second kappa shape index (κ2) is 4.82. The normalized spacial score (nSPS) is 45.0. The summed E-state index contributed by atoms with van der Waals surface area (Å²) in [6, 6.07) is 0. The molecule has 0 unspecified atom stereocenters. The molecule has 2 aliphatic rings. The zero-order valence-corrected chi connectivity index (χ0v) is 12.4. The van der Waals surface area contributed by atoms with Crippen molar-refractivity contribution in [3.8, 4) is 0 Å². The minimum absolute atomic E-state index is 0.0124. The first kappa shape index (κ1) is 14.4. The summed E-state index contributed by atoms with van der Waals surface area (Å²) in [6.45, 7) is 12.4. The van der Waals surface area contributed by atoms with Gasteiger partial charge >= 0.3 is 14.2 Å². The summed E-state index contributed by atoms with van der Waals surface area (Å²) >= 11 is 0. The third-order valence-electron chi connectivity index (χ3n) is 4.67. The molecule has 2 heterocycles. The third-order valence-corrected chi connectivity index (χ3v) is 4.67. The largest absolute Gasteiger partial charge is 0.457 e. The highest BCUT2D eigenvalue weighted by Gasteiger charge is 2.63. The van der Waals surface area contributed by atoms with E-state index in [2.05, 4.69) is 41.5 Å². The van der Waals surface area contributed by atoms with Crippen molar-refractivity contribution in [1.29, 1.82) is 0 Å². The Morgan fingerprint density at radius 3 is 1.44 bits per heavy atom. The zero-order valence-electron chi connectivity index (χ0n) is 12.4. The average Bonchev–Trinajstić information content (AvgIpc) is 2.33. The van der Waals surface area contributed by atoms with Gasteiger partial charge in [-0.25, -0.2) is 0 Å². The van der Waals surface area contributed by atoms with Crippen molar-refractivity contribution < 1.29 is 18.6 Å². The van der Waals surface area contributed by atoms with Gasteiger partial charge in [0, 0.05) is 0 Å². The van der Waals surface area contributed by atoms with Crippen LogP contribution in [0, 0.1) is 0 Å². The molecule has 0 spiro atoms.